The van der Waals surface area contributed by atoms with Crippen LogP contribution in [-0.2, 0) is 14.4 Å². The van der Waals surface area contributed by atoms with E-state index >= 15 is 0 Å². The van der Waals surface area contributed by atoms with E-state index in [-0.39, 0.29) is 24.2 Å². The normalized spacial score (nSPS) is 15.6. The van der Waals surface area contributed by atoms with Crippen molar-refractivity contribution >= 4 is 17.6 Å². The predicted octanol–water partition coefficient (Wildman–Crippen LogP) is -0.443. The molecule has 0 aromatic heterocycles. The lowest BCUT2D eigenvalue weighted by Crippen LogP contribution is -2.51. The lowest BCUT2D eigenvalue weighted by Gasteiger charge is -2.22. The first-order valence-corrected chi connectivity index (χ1v) is 6.15. The van der Waals surface area contributed by atoms with Crippen LogP contribution in [0.2, 0.25) is 0 Å². The van der Waals surface area contributed by atoms with Gasteiger partial charge in [-0.1, -0.05) is 20.3 Å². The van der Waals surface area contributed by atoms with Crippen LogP contribution in [0.4, 0.5) is 0 Å². The number of carbonyl (C=O) groups is 3. The van der Waals surface area contributed by atoms with E-state index in [9.17, 15) is 14.4 Å². The maximum atomic E-state index is 11.9. The van der Waals surface area contributed by atoms with E-state index in [0.29, 0.717) is 6.42 Å². The smallest absolute Gasteiger partial charge is 0.241 e. The van der Waals surface area contributed by atoms with Gasteiger partial charge in [0, 0.05) is 18.4 Å². The molecule has 104 valence electrons. The van der Waals surface area contributed by atoms with E-state index in [4.69, 9.17) is 11.5 Å². The van der Waals surface area contributed by atoms with E-state index in [2.05, 4.69) is 5.32 Å². The van der Waals surface area contributed by atoms with Crippen LogP contribution in [0.1, 0.15) is 33.6 Å². The largest absolute Gasteiger partial charge is 0.368 e. The van der Waals surface area contributed by atoms with Crippen molar-refractivity contribution in [1.29, 1.82) is 0 Å². The fourth-order valence-corrected chi connectivity index (χ4v) is 1.85. The fourth-order valence-electron chi connectivity index (χ4n) is 1.85. The second-order valence-electron chi connectivity index (χ2n) is 4.49. The van der Waals surface area contributed by atoms with Gasteiger partial charge >= 0.3 is 0 Å². The minimum absolute atomic E-state index is 0.0251. The number of Topliss-reactive ketones (excluding diaryl/α,β-unsaturated/α-hetero) is 1. The third-order valence-corrected chi connectivity index (χ3v) is 3.03. The molecule has 0 aliphatic heterocycles. The molecule has 6 nitrogen and oxygen atoms in total. The van der Waals surface area contributed by atoms with Crippen molar-refractivity contribution in [2.45, 2.75) is 39.7 Å². The summed E-state index contributed by atoms with van der Waals surface area (Å²) >= 11 is 0. The summed E-state index contributed by atoms with van der Waals surface area (Å²) < 4.78 is 0. The Morgan fingerprint density at radius 3 is 2.17 bits per heavy atom. The molecule has 0 fully saturated rings. The zero-order valence-electron chi connectivity index (χ0n) is 11.2. The van der Waals surface area contributed by atoms with Crippen LogP contribution < -0.4 is 16.8 Å². The van der Waals surface area contributed by atoms with Crippen LogP contribution in [0, 0.1) is 11.8 Å². The summed E-state index contributed by atoms with van der Waals surface area (Å²) in [5.41, 5.74) is 10.4. The number of rotatable bonds is 8. The van der Waals surface area contributed by atoms with Gasteiger partial charge in [-0.3, -0.25) is 14.4 Å². The maximum Gasteiger partial charge on any atom is 0.241 e. The molecule has 0 saturated heterocycles. The van der Waals surface area contributed by atoms with Gasteiger partial charge in [0.1, 0.15) is 11.8 Å². The molecule has 2 amide bonds. The summed E-state index contributed by atoms with van der Waals surface area (Å²) in [5, 5.41) is 2.47. The molecule has 0 aromatic rings. The first-order valence-electron chi connectivity index (χ1n) is 6.15. The van der Waals surface area contributed by atoms with Crippen molar-refractivity contribution in [3.05, 3.63) is 0 Å². The average molecular weight is 257 g/mol. The molecule has 0 bridgehead atoms. The van der Waals surface area contributed by atoms with E-state index in [1.54, 1.807) is 6.92 Å². The molecule has 0 rings (SSSR count). The molecule has 0 radical (unpaired) electrons. The number of hydrogen-bond donors (Lipinski definition) is 3. The van der Waals surface area contributed by atoms with Crippen LogP contribution >= 0.6 is 0 Å². The number of hydrogen-bond acceptors (Lipinski definition) is 4. The Morgan fingerprint density at radius 2 is 1.83 bits per heavy atom. The molecule has 0 spiro atoms. The van der Waals surface area contributed by atoms with Gasteiger partial charge in [-0.05, 0) is 13.3 Å². The third kappa shape index (κ3) is 4.83. The summed E-state index contributed by atoms with van der Waals surface area (Å²) in [6, 6.07) is -0.880. The Kier molecular flexibility index (Phi) is 7.19. The Bertz CT molecular complexity index is 318. The highest BCUT2D eigenvalue weighted by Crippen LogP contribution is 2.19. The quantitative estimate of drug-likeness (QED) is 0.546. The first kappa shape index (κ1) is 16.6. The lowest BCUT2D eigenvalue weighted by molar-refractivity contribution is -0.134. The van der Waals surface area contributed by atoms with Crippen LogP contribution in [0.25, 0.3) is 0 Å². The van der Waals surface area contributed by atoms with Crippen LogP contribution in [0.5, 0.6) is 0 Å². The van der Waals surface area contributed by atoms with Gasteiger partial charge < -0.3 is 16.8 Å². The van der Waals surface area contributed by atoms with Gasteiger partial charge in [-0.15, -0.1) is 0 Å². The summed E-state index contributed by atoms with van der Waals surface area (Å²) in [4.78, 5) is 34.4. The second kappa shape index (κ2) is 7.81. The van der Waals surface area contributed by atoms with Crippen molar-refractivity contribution in [1.82, 2.24) is 5.32 Å². The number of nitrogens with two attached hydrogens (primary N) is 2. The van der Waals surface area contributed by atoms with Crippen molar-refractivity contribution in [2.75, 3.05) is 6.54 Å². The zero-order valence-corrected chi connectivity index (χ0v) is 11.2. The standard InChI is InChI=1S/C12H23N3O3/c1-4-5-9(8(3)16)7(2)12(18)15-10(6-13)11(14)17/h7,9-10H,4-6,13H2,1-3H3,(H2,14,17)(H,15,18)/t7-,9+,10-/m0/s1. The Labute approximate surface area is 107 Å². The van der Waals surface area contributed by atoms with Gasteiger partial charge in [0.15, 0.2) is 0 Å². The van der Waals surface area contributed by atoms with E-state index < -0.39 is 17.9 Å². The number of amides is 2. The van der Waals surface area contributed by atoms with Crippen molar-refractivity contribution in [3.63, 3.8) is 0 Å². The molecule has 6 heteroatoms. The molecule has 0 heterocycles. The molecule has 0 aromatic carbocycles. The molecule has 5 N–H and O–H groups in total. The first-order chi connectivity index (χ1) is 8.34. The highest BCUT2D eigenvalue weighted by atomic mass is 16.2. The molecule has 0 aliphatic carbocycles. The average Bonchev–Trinajstić information content (AvgIpc) is 2.30. The SMILES string of the molecule is CCC[C@@H](C(C)=O)[C@H](C)C(=O)N[C@@H](CN)C(N)=O. The third-order valence-electron chi connectivity index (χ3n) is 3.03. The Balaban J connectivity index is 4.65. The van der Waals surface area contributed by atoms with Gasteiger partial charge in [0.2, 0.25) is 11.8 Å². The highest BCUT2D eigenvalue weighted by Gasteiger charge is 2.28. The van der Waals surface area contributed by atoms with Gasteiger partial charge in [0.05, 0.1) is 0 Å². The molecule has 0 aliphatic rings. The van der Waals surface area contributed by atoms with Crippen LogP contribution in [-0.4, -0.2) is 30.2 Å². The van der Waals surface area contributed by atoms with Crippen molar-refractivity contribution in [3.8, 4) is 0 Å². The maximum absolute atomic E-state index is 11.9. The molecule has 0 saturated carbocycles. The minimum atomic E-state index is -0.880. The topological polar surface area (TPSA) is 115 Å². The highest BCUT2D eigenvalue weighted by molar-refractivity contribution is 5.90. The lowest BCUT2D eigenvalue weighted by atomic mass is 9.86. The summed E-state index contributed by atoms with van der Waals surface area (Å²) in [6.07, 6.45) is 1.46. The molecule has 3 atom stereocenters. The monoisotopic (exact) mass is 257 g/mol. The van der Waals surface area contributed by atoms with E-state index in [1.807, 2.05) is 6.92 Å². The van der Waals surface area contributed by atoms with Crippen LogP contribution in [0.15, 0.2) is 0 Å². The number of nitrogens with one attached hydrogen (secondary N) is 1. The molecular weight excluding hydrogens is 234 g/mol. The summed E-state index contributed by atoms with van der Waals surface area (Å²) in [6.45, 7) is 5.04. The van der Waals surface area contributed by atoms with Gasteiger partial charge in [0.25, 0.3) is 0 Å². The van der Waals surface area contributed by atoms with Crippen molar-refractivity contribution < 1.29 is 14.4 Å². The van der Waals surface area contributed by atoms with Gasteiger partial charge in [-0.25, -0.2) is 0 Å². The van der Waals surface area contributed by atoms with Crippen molar-refractivity contribution in [2.24, 2.45) is 23.3 Å². The summed E-state index contributed by atoms with van der Waals surface area (Å²) in [5.74, 6) is -1.88. The fraction of sp³-hybridized carbons (Fsp3) is 0.750. The number of carbonyl (C=O) groups excluding carboxylic acids is 3. The Morgan fingerprint density at radius 1 is 1.28 bits per heavy atom. The Hall–Kier alpha value is -1.43. The van der Waals surface area contributed by atoms with Crippen LogP contribution in [0.3, 0.4) is 0 Å². The van der Waals surface area contributed by atoms with E-state index in [1.165, 1.54) is 6.92 Å². The minimum Gasteiger partial charge on any atom is -0.368 e. The van der Waals surface area contributed by atoms with E-state index in [0.717, 1.165) is 6.42 Å². The predicted molar refractivity (Wildman–Crippen MR) is 68.4 cm³/mol. The number of primary amides is 1. The zero-order chi connectivity index (χ0) is 14.3. The molecule has 0 unspecified atom stereocenters. The molecular formula is C12H23N3O3. The molecule has 18 heavy (non-hydrogen) atoms. The number of ketones is 1. The van der Waals surface area contributed by atoms with Gasteiger partial charge in [-0.2, -0.15) is 0 Å². The second-order valence-corrected chi connectivity index (χ2v) is 4.49. The summed E-state index contributed by atoms with van der Waals surface area (Å²) in [7, 11) is 0.